The maximum absolute atomic E-state index is 5.42. The van der Waals surface area contributed by atoms with Gasteiger partial charge in [0.15, 0.2) is 0 Å². The predicted molar refractivity (Wildman–Crippen MR) is 70.9 cm³/mol. The number of rotatable bonds is 8. The number of hydrogen-bond donors (Lipinski definition) is 1. The first-order valence-corrected chi connectivity index (χ1v) is 6.30. The Morgan fingerprint density at radius 3 is 2.85 bits per heavy atom. The summed E-state index contributed by atoms with van der Waals surface area (Å²) >= 11 is 0. The summed E-state index contributed by atoms with van der Waals surface area (Å²) in [6.07, 6.45) is 3.89. The second-order valence-electron chi connectivity index (χ2n) is 3.85. The molecule has 9 nitrogen and oxygen atoms in total. The van der Waals surface area contributed by atoms with Gasteiger partial charge < -0.3 is 14.8 Å². The first-order chi connectivity index (χ1) is 9.83. The lowest BCUT2D eigenvalue weighted by molar-refractivity contribution is 0.140. The van der Waals surface area contributed by atoms with Crippen molar-refractivity contribution < 1.29 is 9.47 Å². The summed E-state index contributed by atoms with van der Waals surface area (Å²) < 4.78 is 11.8. The monoisotopic (exact) mass is 279 g/mol. The van der Waals surface area contributed by atoms with Crippen LogP contribution in [0.25, 0.3) is 5.95 Å². The number of ether oxygens (including phenoxy) is 2. The highest BCUT2D eigenvalue weighted by molar-refractivity contribution is 5.29. The van der Waals surface area contributed by atoms with Gasteiger partial charge in [-0.05, 0) is 6.42 Å². The SMILES string of the molecule is CCCNc1nc(OCCOC)nc(-n2cncn2)n1. The third-order valence-corrected chi connectivity index (χ3v) is 2.28. The molecule has 0 aromatic carbocycles. The van der Waals surface area contributed by atoms with E-state index in [9.17, 15) is 0 Å². The summed E-state index contributed by atoms with van der Waals surface area (Å²) in [4.78, 5) is 16.5. The fourth-order valence-electron chi connectivity index (χ4n) is 1.36. The molecular weight excluding hydrogens is 262 g/mol. The van der Waals surface area contributed by atoms with Crippen LogP contribution in [0.4, 0.5) is 5.95 Å². The predicted octanol–water partition coefficient (Wildman–Crippen LogP) is 0.299. The molecule has 108 valence electrons. The maximum Gasteiger partial charge on any atom is 0.323 e. The Balaban J connectivity index is 2.19. The fourth-order valence-corrected chi connectivity index (χ4v) is 1.36. The van der Waals surface area contributed by atoms with E-state index >= 15 is 0 Å². The average molecular weight is 279 g/mol. The Labute approximate surface area is 116 Å². The molecule has 0 aliphatic rings. The molecule has 2 rings (SSSR count). The van der Waals surface area contributed by atoms with Crippen molar-refractivity contribution in [2.45, 2.75) is 13.3 Å². The van der Waals surface area contributed by atoms with Crippen LogP contribution in [0.3, 0.4) is 0 Å². The van der Waals surface area contributed by atoms with Gasteiger partial charge in [0.25, 0.3) is 5.95 Å². The highest BCUT2D eigenvalue weighted by atomic mass is 16.5. The van der Waals surface area contributed by atoms with E-state index in [-0.39, 0.29) is 6.01 Å². The fraction of sp³-hybridized carbons (Fsp3) is 0.545. The van der Waals surface area contributed by atoms with Crippen LogP contribution in [0, 0.1) is 0 Å². The third kappa shape index (κ3) is 3.85. The van der Waals surface area contributed by atoms with Crippen LogP contribution >= 0.6 is 0 Å². The molecule has 0 aliphatic carbocycles. The number of aromatic nitrogens is 6. The van der Waals surface area contributed by atoms with E-state index in [1.54, 1.807) is 7.11 Å². The molecule has 0 unspecified atom stereocenters. The lowest BCUT2D eigenvalue weighted by atomic mass is 10.5. The van der Waals surface area contributed by atoms with Crippen molar-refractivity contribution in [2.75, 3.05) is 32.2 Å². The lowest BCUT2D eigenvalue weighted by Crippen LogP contribution is -2.13. The van der Waals surface area contributed by atoms with E-state index in [4.69, 9.17) is 9.47 Å². The number of hydrogen-bond acceptors (Lipinski definition) is 8. The summed E-state index contributed by atoms with van der Waals surface area (Å²) in [5, 5.41) is 7.08. The normalized spacial score (nSPS) is 10.5. The lowest BCUT2D eigenvalue weighted by Gasteiger charge is -2.08. The quantitative estimate of drug-likeness (QED) is 0.689. The molecule has 0 radical (unpaired) electrons. The van der Waals surface area contributed by atoms with Crippen LogP contribution < -0.4 is 10.1 Å². The molecule has 1 N–H and O–H groups in total. The highest BCUT2D eigenvalue weighted by Crippen LogP contribution is 2.10. The van der Waals surface area contributed by atoms with Crippen LogP contribution in [0.5, 0.6) is 6.01 Å². The zero-order valence-electron chi connectivity index (χ0n) is 11.5. The molecule has 0 saturated heterocycles. The largest absolute Gasteiger partial charge is 0.461 e. The summed E-state index contributed by atoms with van der Waals surface area (Å²) in [5.74, 6) is 0.795. The molecule has 0 bridgehead atoms. The summed E-state index contributed by atoms with van der Waals surface area (Å²) in [6, 6.07) is 0.223. The minimum atomic E-state index is 0.223. The van der Waals surface area contributed by atoms with Crippen LogP contribution in [0.2, 0.25) is 0 Å². The summed E-state index contributed by atoms with van der Waals surface area (Å²) in [6.45, 7) is 3.65. The van der Waals surface area contributed by atoms with Gasteiger partial charge in [-0.25, -0.2) is 4.98 Å². The Morgan fingerprint density at radius 2 is 2.15 bits per heavy atom. The van der Waals surface area contributed by atoms with Crippen molar-refractivity contribution in [1.82, 2.24) is 29.7 Å². The minimum Gasteiger partial charge on any atom is -0.461 e. The van der Waals surface area contributed by atoms with E-state index in [2.05, 4.69) is 37.3 Å². The van der Waals surface area contributed by atoms with E-state index in [1.807, 2.05) is 0 Å². The van der Waals surface area contributed by atoms with Gasteiger partial charge in [-0.3, -0.25) is 0 Å². The third-order valence-electron chi connectivity index (χ3n) is 2.28. The summed E-state index contributed by atoms with van der Waals surface area (Å²) in [5.41, 5.74) is 0. The van der Waals surface area contributed by atoms with Crippen molar-refractivity contribution in [3.63, 3.8) is 0 Å². The Kier molecular flexibility index (Phi) is 5.18. The molecule has 20 heavy (non-hydrogen) atoms. The molecule has 0 atom stereocenters. The van der Waals surface area contributed by atoms with E-state index in [0.717, 1.165) is 13.0 Å². The van der Waals surface area contributed by atoms with Crippen molar-refractivity contribution >= 4 is 5.95 Å². The Bertz CT molecular complexity index is 517. The van der Waals surface area contributed by atoms with Crippen molar-refractivity contribution in [3.05, 3.63) is 12.7 Å². The molecule has 2 heterocycles. The summed E-state index contributed by atoms with van der Waals surface area (Å²) in [7, 11) is 1.60. The molecule has 0 aliphatic heterocycles. The molecule has 9 heteroatoms. The van der Waals surface area contributed by atoms with Crippen LogP contribution in [0.15, 0.2) is 12.7 Å². The van der Waals surface area contributed by atoms with Crippen LogP contribution in [0.1, 0.15) is 13.3 Å². The van der Waals surface area contributed by atoms with Crippen LogP contribution in [-0.4, -0.2) is 56.6 Å². The smallest absolute Gasteiger partial charge is 0.323 e. The van der Waals surface area contributed by atoms with Crippen molar-refractivity contribution in [1.29, 1.82) is 0 Å². The van der Waals surface area contributed by atoms with Crippen LogP contribution in [-0.2, 0) is 4.74 Å². The van der Waals surface area contributed by atoms with E-state index in [0.29, 0.717) is 25.1 Å². The molecule has 2 aromatic rings. The average Bonchev–Trinajstić information content (AvgIpc) is 2.99. The van der Waals surface area contributed by atoms with E-state index in [1.165, 1.54) is 17.3 Å². The number of methoxy groups -OCH3 is 1. The van der Waals surface area contributed by atoms with Gasteiger partial charge in [0, 0.05) is 13.7 Å². The second kappa shape index (κ2) is 7.34. The van der Waals surface area contributed by atoms with Gasteiger partial charge in [0.2, 0.25) is 5.95 Å². The van der Waals surface area contributed by atoms with E-state index < -0.39 is 0 Å². The van der Waals surface area contributed by atoms with Gasteiger partial charge >= 0.3 is 6.01 Å². The molecule has 0 fully saturated rings. The number of anilines is 1. The minimum absolute atomic E-state index is 0.223. The number of nitrogens with zero attached hydrogens (tertiary/aromatic N) is 6. The maximum atomic E-state index is 5.42. The highest BCUT2D eigenvalue weighted by Gasteiger charge is 2.09. The van der Waals surface area contributed by atoms with Gasteiger partial charge in [-0.2, -0.15) is 24.7 Å². The number of nitrogens with one attached hydrogen (secondary N) is 1. The van der Waals surface area contributed by atoms with Gasteiger partial charge in [0.05, 0.1) is 6.61 Å². The Morgan fingerprint density at radius 1 is 1.25 bits per heavy atom. The standard InChI is InChI=1S/C11H17N7O2/c1-3-4-13-9-15-10(18-8-12-7-14-18)17-11(16-9)20-6-5-19-2/h7-8H,3-6H2,1-2H3,(H,13,15,16,17). The zero-order chi connectivity index (χ0) is 14.2. The zero-order valence-corrected chi connectivity index (χ0v) is 11.5. The van der Waals surface area contributed by atoms with Gasteiger partial charge in [0.1, 0.15) is 19.3 Å². The molecule has 0 saturated carbocycles. The molecule has 0 amide bonds. The Hall–Kier alpha value is -2.29. The molecule has 2 aromatic heterocycles. The van der Waals surface area contributed by atoms with Crippen molar-refractivity contribution in [2.24, 2.45) is 0 Å². The van der Waals surface area contributed by atoms with Crippen molar-refractivity contribution in [3.8, 4) is 12.0 Å². The first kappa shape index (κ1) is 14.1. The second-order valence-corrected chi connectivity index (χ2v) is 3.85. The first-order valence-electron chi connectivity index (χ1n) is 6.30. The van der Waals surface area contributed by atoms with Gasteiger partial charge in [-0.1, -0.05) is 6.92 Å². The van der Waals surface area contributed by atoms with Gasteiger partial charge in [-0.15, -0.1) is 0 Å². The molecule has 0 spiro atoms. The topological polar surface area (TPSA) is 99.9 Å². The molecular formula is C11H17N7O2.